The summed E-state index contributed by atoms with van der Waals surface area (Å²) < 4.78 is 71.7. The van der Waals surface area contributed by atoms with Gasteiger partial charge in [-0.1, -0.05) is 23.7 Å². The number of hydrogen-bond donors (Lipinski definition) is 0. The molecule has 1 aromatic heterocycles. The summed E-state index contributed by atoms with van der Waals surface area (Å²) >= 11 is 7.12. The fraction of sp³-hybridized carbons (Fsp3) is 0.200. The van der Waals surface area contributed by atoms with Gasteiger partial charge in [-0.05, 0) is 24.3 Å². The van der Waals surface area contributed by atoms with E-state index in [4.69, 9.17) is 25.8 Å². The van der Waals surface area contributed by atoms with Crippen LogP contribution in [0.15, 0.2) is 42.5 Å². The molecule has 0 saturated carbocycles. The van der Waals surface area contributed by atoms with Crippen LogP contribution in [-0.2, 0) is 33.7 Å². The fourth-order valence-electron chi connectivity index (χ4n) is 2.52. The molecule has 0 spiro atoms. The van der Waals surface area contributed by atoms with E-state index in [1.165, 1.54) is 24.3 Å². The summed E-state index contributed by atoms with van der Waals surface area (Å²) in [6, 6.07) is 10.9. The molecule has 0 amide bonds. The van der Waals surface area contributed by atoms with Crippen molar-refractivity contribution in [3.8, 4) is 22.4 Å². The molecule has 0 radical (unpaired) electrons. The van der Waals surface area contributed by atoms with Gasteiger partial charge in [0, 0.05) is 11.6 Å². The van der Waals surface area contributed by atoms with Crippen LogP contribution in [0.5, 0.6) is 5.75 Å². The number of ether oxygens (including phenoxy) is 1. The van der Waals surface area contributed by atoms with Crippen LogP contribution < -0.4 is 4.74 Å². The summed E-state index contributed by atoms with van der Waals surface area (Å²) in [6.07, 6.45) is -3.57. The topological polar surface area (TPSA) is 89.3 Å². The standard InChI is InChI=1S/C20H14ClF3N2O4S2/c1-32(27,28)30-10-17-18(11-29-15-7-4-13(9-25)16(21)8-15)31-19(26-17)12-2-5-14(6-3-12)20(22,23)24/h2-8H,10-11H2,1H3. The van der Waals surface area contributed by atoms with Crippen molar-refractivity contribution in [3.63, 3.8) is 0 Å². The van der Waals surface area contributed by atoms with Gasteiger partial charge in [-0.25, -0.2) is 4.98 Å². The Labute approximate surface area is 190 Å². The van der Waals surface area contributed by atoms with Crippen molar-refractivity contribution in [3.05, 3.63) is 69.2 Å². The second-order valence-corrected chi connectivity index (χ2v) is 9.61. The lowest BCUT2D eigenvalue weighted by molar-refractivity contribution is -0.137. The third kappa shape index (κ3) is 6.20. The molecule has 1 heterocycles. The monoisotopic (exact) mass is 502 g/mol. The number of hydrogen-bond acceptors (Lipinski definition) is 7. The molecule has 0 N–H and O–H groups in total. The van der Waals surface area contributed by atoms with Crippen LogP contribution in [-0.4, -0.2) is 19.7 Å². The summed E-state index contributed by atoms with van der Waals surface area (Å²) in [5.41, 5.74) is 0.190. The number of halogens is 4. The van der Waals surface area contributed by atoms with Crippen LogP contribution in [0.2, 0.25) is 5.02 Å². The van der Waals surface area contributed by atoms with Gasteiger partial charge in [0.25, 0.3) is 10.1 Å². The Balaban J connectivity index is 1.87. The molecule has 6 nitrogen and oxygen atoms in total. The zero-order valence-corrected chi connectivity index (χ0v) is 18.7. The van der Waals surface area contributed by atoms with Gasteiger partial charge in [0.05, 0.1) is 33.0 Å². The van der Waals surface area contributed by atoms with Gasteiger partial charge in [0.2, 0.25) is 0 Å². The number of alkyl halides is 3. The summed E-state index contributed by atoms with van der Waals surface area (Å²) in [7, 11) is -3.75. The molecule has 168 valence electrons. The van der Waals surface area contributed by atoms with Crippen LogP contribution >= 0.6 is 22.9 Å². The van der Waals surface area contributed by atoms with Crippen molar-refractivity contribution in [2.75, 3.05) is 6.26 Å². The second kappa shape index (κ2) is 9.46. The lowest BCUT2D eigenvalue weighted by Crippen LogP contribution is -2.05. The van der Waals surface area contributed by atoms with Crippen LogP contribution in [0, 0.1) is 11.3 Å². The largest absolute Gasteiger partial charge is 0.488 e. The normalized spacial score (nSPS) is 11.9. The van der Waals surface area contributed by atoms with Gasteiger partial charge in [-0.15, -0.1) is 11.3 Å². The van der Waals surface area contributed by atoms with E-state index in [0.717, 1.165) is 29.7 Å². The maximum Gasteiger partial charge on any atom is 0.416 e. The third-order valence-electron chi connectivity index (χ3n) is 4.08. The highest BCUT2D eigenvalue weighted by atomic mass is 35.5. The average molecular weight is 503 g/mol. The van der Waals surface area contributed by atoms with E-state index in [0.29, 0.717) is 21.2 Å². The Morgan fingerprint density at radius 1 is 1.16 bits per heavy atom. The van der Waals surface area contributed by atoms with E-state index < -0.39 is 21.9 Å². The van der Waals surface area contributed by atoms with E-state index in [-0.39, 0.29) is 29.5 Å². The highest BCUT2D eigenvalue weighted by molar-refractivity contribution is 7.85. The lowest BCUT2D eigenvalue weighted by Gasteiger charge is -2.07. The van der Waals surface area contributed by atoms with Crippen molar-refractivity contribution in [1.82, 2.24) is 4.98 Å². The molecule has 0 aliphatic heterocycles. The molecule has 0 aliphatic rings. The van der Waals surface area contributed by atoms with Crippen molar-refractivity contribution in [2.24, 2.45) is 0 Å². The van der Waals surface area contributed by atoms with E-state index in [1.54, 1.807) is 6.07 Å². The number of aromatic nitrogens is 1. The molecular formula is C20H14ClF3N2O4S2. The summed E-state index contributed by atoms with van der Waals surface area (Å²) in [5.74, 6) is 0.369. The minimum atomic E-state index is -4.46. The molecule has 0 aliphatic carbocycles. The highest BCUT2D eigenvalue weighted by Gasteiger charge is 2.30. The van der Waals surface area contributed by atoms with E-state index in [1.807, 2.05) is 6.07 Å². The number of nitrogens with zero attached hydrogens (tertiary/aromatic N) is 2. The zero-order chi connectivity index (χ0) is 23.5. The van der Waals surface area contributed by atoms with Gasteiger partial charge in [-0.3, -0.25) is 4.18 Å². The molecule has 0 atom stereocenters. The molecule has 0 bridgehead atoms. The third-order valence-corrected chi connectivity index (χ3v) is 6.06. The predicted molar refractivity (Wildman–Crippen MR) is 113 cm³/mol. The first-order valence-corrected chi connectivity index (χ1v) is 11.8. The minimum absolute atomic E-state index is 0.0248. The number of rotatable bonds is 7. The fourth-order valence-corrected chi connectivity index (χ4v) is 4.04. The van der Waals surface area contributed by atoms with E-state index in [9.17, 15) is 21.6 Å². The van der Waals surface area contributed by atoms with Crippen molar-refractivity contribution in [1.29, 1.82) is 5.26 Å². The number of benzene rings is 2. The first-order valence-electron chi connectivity index (χ1n) is 8.79. The molecule has 0 fully saturated rings. The van der Waals surface area contributed by atoms with Gasteiger partial charge < -0.3 is 4.74 Å². The molecule has 2 aromatic carbocycles. The molecule has 12 heteroatoms. The Hall–Kier alpha value is -2.65. The van der Waals surface area contributed by atoms with Gasteiger partial charge in [-0.2, -0.15) is 26.9 Å². The van der Waals surface area contributed by atoms with Gasteiger partial charge in [0.15, 0.2) is 0 Å². The number of thiazole rings is 1. The smallest absolute Gasteiger partial charge is 0.416 e. The molecule has 0 saturated heterocycles. The van der Waals surface area contributed by atoms with Crippen molar-refractivity contribution < 1.29 is 30.5 Å². The maximum absolute atomic E-state index is 12.8. The molecule has 3 aromatic rings. The zero-order valence-electron chi connectivity index (χ0n) is 16.3. The number of nitriles is 1. The van der Waals surface area contributed by atoms with Crippen LogP contribution in [0.25, 0.3) is 10.6 Å². The van der Waals surface area contributed by atoms with Gasteiger partial charge >= 0.3 is 6.18 Å². The maximum atomic E-state index is 12.8. The molecule has 3 rings (SSSR count). The van der Waals surface area contributed by atoms with Crippen molar-refractivity contribution in [2.45, 2.75) is 19.4 Å². The molecule has 32 heavy (non-hydrogen) atoms. The Kier molecular flexibility index (Phi) is 7.09. The minimum Gasteiger partial charge on any atom is -0.488 e. The van der Waals surface area contributed by atoms with Crippen LogP contribution in [0.1, 0.15) is 21.7 Å². The Bertz CT molecular complexity index is 1270. The first-order chi connectivity index (χ1) is 15.0. The summed E-state index contributed by atoms with van der Waals surface area (Å²) in [4.78, 5) is 4.85. The first kappa shape index (κ1) is 24.0. The Morgan fingerprint density at radius 3 is 2.41 bits per heavy atom. The molecule has 0 unspecified atom stereocenters. The average Bonchev–Trinajstić information content (AvgIpc) is 3.13. The quantitative estimate of drug-likeness (QED) is 0.401. The highest BCUT2D eigenvalue weighted by Crippen LogP contribution is 2.34. The van der Waals surface area contributed by atoms with Crippen LogP contribution in [0.4, 0.5) is 13.2 Å². The Morgan fingerprint density at radius 2 is 1.84 bits per heavy atom. The SMILES string of the molecule is CS(=O)(=O)OCc1nc(-c2ccc(C(F)(F)F)cc2)sc1COc1ccc(C#N)c(Cl)c1. The lowest BCUT2D eigenvalue weighted by atomic mass is 10.1. The van der Waals surface area contributed by atoms with Gasteiger partial charge in [0.1, 0.15) is 30.0 Å². The van der Waals surface area contributed by atoms with Crippen LogP contribution in [0.3, 0.4) is 0 Å². The van der Waals surface area contributed by atoms with E-state index in [2.05, 4.69) is 4.98 Å². The predicted octanol–water partition coefficient (Wildman–Crippen LogP) is 5.41. The second-order valence-electron chi connectivity index (χ2n) is 6.47. The van der Waals surface area contributed by atoms with Crippen molar-refractivity contribution >= 4 is 33.1 Å². The van der Waals surface area contributed by atoms with E-state index >= 15 is 0 Å². The summed E-state index contributed by atoms with van der Waals surface area (Å²) in [5, 5.41) is 9.53. The molecular weight excluding hydrogens is 489 g/mol. The summed E-state index contributed by atoms with van der Waals surface area (Å²) in [6.45, 7) is -0.383.